The zero-order valence-electron chi connectivity index (χ0n) is 13.9. The van der Waals surface area contributed by atoms with E-state index in [0.29, 0.717) is 28.9 Å². The molecule has 1 fully saturated rings. The predicted molar refractivity (Wildman–Crippen MR) is 87.7 cm³/mol. The first kappa shape index (κ1) is 16.4. The Morgan fingerprint density at radius 2 is 2.29 bits per heavy atom. The lowest BCUT2D eigenvalue weighted by Gasteiger charge is -2.30. The molecule has 1 aromatic carbocycles. The molecule has 2 atom stereocenters. The highest BCUT2D eigenvalue weighted by Gasteiger charge is 2.24. The molecule has 24 heavy (non-hydrogen) atoms. The molecule has 0 spiro atoms. The Labute approximate surface area is 140 Å². The van der Waals surface area contributed by atoms with Crippen molar-refractivity contribution in [2.75, 3.05) is 13.1 Å². The van der Waals surface area contributed by atoms with Crippen LogP contribution in [-0.2, 0) is 6.61 Å². The fraction of sp³-hybridized carbons (Fsp3) is 0.471. The van der Waals surface area contributed by atoms with Gasteiger partial charge in [-0.15, -0.1) is 0 Å². The standard InChI is InChI=1S/C17H22N4O3/c1-11-7-8-18-9-14(11)20-17(22)13-5-3-4-6-15(13)23-10-16-19-12(2)24-21-16/h3-6,11,14,18H,7-10H2,1-2H3,(H,20,22). The third kappa shape index (κ3) is 3.91. The number of amides is 1. The summed E-state index contributed by atoms with van der Waals surface area (Å²) in [5.74, 6) is 1.76. The monoisotopic (exact) mass is 330 g/mol. The number of ether oxygens (including phenoxy) is 1. The van der Waals surface area contributed by atoms with Crippen molar-refractivity contribution < 1.29 is 14.1 Å². The van der Waals surface area contributed by atoms with Crippen molar-refractivity contribution in [3.05, 3.63) is 41.5 Å². The molecule has 7 nitrogen and oxygen atoms in total. The Kier molecular flexibility index (Phi) is 5.10. The average Bonchev–Trinajstić information content (AvgIpc) is 3.01. The number of carbonyl (C=O) groups excluding carboxylic acids is 1. The molecular weight excluding hydrogens is 308 g/mol. The van der Waals surface area contributed by atoms with Gasteiger partial charge in [0.15, 0.2) is 6.61 Å². The van der Waals surface area contributed by atoms with Crippen LogP contribution in [0.2, 0.25) is 0 Å². The summed E-state index contributed by atoms with van der Waals surface area (Å²) < 4.78 is 10.6. The van der Waals surface area contributed by atoms with Crippen molar-refractivity contribution in [2.45, 2.75) is 32.9 Å². The number of hydrogen-bond donors (Lipinski definition) is 2. The highest BCUT2D eigenvalue weighted by molar-refractivity contribution is 5.97. The van der Waals surface area contributed by atoms with Crippen LogP contribution < -0.4 is 15.4 Å². The van der Waals surface area contributed by atoms with E-state index < -0.39 is 0 Å². The van der Waals surface area contributed by atoms with Gasteiger partial charge in [-0.25, -0.2) is 0 Å². The van der Waals surface area contributed by atoms with Crippen LogP contribution in [0.1, 0.15) is 35.4 Å². The topological polar surface area (TPSA) is 89.3 Å². The highest BCUT2D eigenvalue weighted by atomic mass is 16.5. The lowest BCUT2D eigenvalue weighted by atomic mass is 9.94. The van der Waals surface area contributed by atoms with Crippen LogP contribution in [0.4, 0.5) is 0 Å². The maximum absolute atomic E-state index is 12.6. The second-order valence-corrected chi connectivity index (χ2v) is 6.06. The average molecular weight is 330 g/mol. The van der Waals surface area contributed by atoms with Crippen LogP contribution in [0, 0.1) is 12.8 Å². The number of nitrogens with one attached hydrogen (secondary N) is 2. The molecule has 0 bridgehead atoms. The molecule has 1 aliphatic heterocycles. The van der Waals surface area contributed by atoms with Crippen LogP contribution >= 0.6 is 0 Å². The first-order chi connectivity index (χ1) is 11.6. The summed E-state index contributed by atoms with van der Waals surface area (Å²) in [6, 6.07) is 7.30. The zero-order valence-corrected chi connectivity index (χ0v) is 13.9. The first-order valence-electron chi connectivity index (χ1n) is 8.16. The van der Waals surface area contributed by atoms with Gasteiger partial charge in [-0.2, -0.15) is 4.98 Å². The Bertz CT molecular complexity index is 701. The fourth-order valence-corrected chi connectivity index (χ4v) is 2.75. The summed E-state index contributed by atoms with van der Waals surface area (Å²) in [6.07, 6.45) is 1.06. The minimum absolute atomic E-state index is 0.124. The molecule has 3 rings (SSSR count). The van der Waals surface area contributed by atoms with E-state index in [2.05, 4.69) is 27.7 Å². The predicted octanol–water partition coefficient (Wildman–Crippen LogP) is 1.68. The summed E-state index contributed by atoms with van der Waals surface area (Å²) >= 11 is 0. The number of benzene rings is 1. The summed E-state index contributed by atoms with van der Waals surface area (Å²) in [5, 5.41) is 10.2. The molecule has 2 heterocycles. The van der Waals surface area contributed by atoms with E-state index in [1.54, 1.807) is 19.1 Å². The van der Waals surface area contributed by atoms with Gasteiger partial charge in [0.1, 0.15) is 5.75 Å². The van der Waals surface area contributed by atoms with E-state index in [0.717, 1.165) is 19.5 Å². The summed E-state index contributed by atoms with van der Waals surface area (Å²) in [6.45, 7) is 5.82. The molecule has 2 N–H and O–H groups in total. The normalized spacial score (nSPS) is 20.6. The van der Waals surface area contributed by atoms with Crippen LogP contribution in [0.25, 0.3) is 0 Å². The molecule has 0 saturated carbocycles. The Balaban J connectivity index is 1.67. The summed E-state index contributed by atoms with van der Waals surface area (Å²) in [5.41, 5.74) is 0.510. The fourth-order valence-electron chi connectivity index (χ4n) is 2.75. The molecule has 1 aliphatic rings. The van der Waals surface area contributed by atoms with Gasteiger partial charge in [0.25, 0.3) is 5.91 Å². The number of hydrogen-bond acceptors (Lipinski definition) is 6. The van der Waals surface area contributed by atoms with E-state index >= 15 is 0 Å². The number of rotatable bonds is 5. The number of nitrogens with zero attached hydrogens (tertiary/aromatic N) is 2. The Morgan fingerprint density at radius 1 is 1.46 bits per heavy atom. The van der Waals surface area contributed by atoms with E-state index in [4.69, 9.17) is 9.26 Å². The molecule has 7 heteroatoms. The summed E-state index contributed by atoms with van der Waals surface area (Å²) in [4.78, 5) is 16.7. The van der Waals surface area contributed by atoms with Crippen molar-refractivity contribution >= 4 is 5.91 Å². The van der Waals surface area contributed by atoms with Gasteiger partial charge in [0, 0.05) is 19.5 Å². The van der Waals surface area contributed by atoms with Crippen LogP contribution in [0.3, 0.4) is 0 Å². The molecule has 0 radical (unpaired) electrons. The molecule has 2 aromatic rings. The molecule has 128 valence electrons. The second-order valence-electron chi connectivity index (χ2n) is 6.06. The van der Waals surface area contributed by atoms with Crippen molar-refractivity contribution in [1.82, 2.24) is 20.8 Å². The smallest absolute Gasteiger partial charge is 0.255 e. The number of para-hydroxylation sites is 1. The van der Waals surface area contributed by atoms with Crippen LogP contribution in [0.5, 0.6) is 5.75 Å². The van der Waals surface area contributed by atoms with Gasteiger partial charge < -0.3 is 19.9 Å². The number of aromatic nitrogens is 2. The third-order valence-electron chi connectivity index (χ3n) is 4.20. The molecule has 1 saturated heterocycles. The largest absolute Gasteiger partial charge is 0.485 e. The maximum atomic E-state index is 12.6. The SMILES string of the molecule is Cc1nc(COc2ccccc2C(=O)NC2CNCCC2C)no1. The van der Waals surface area contributed by atoms with Crippen molar-refractivity contribution in [3.63, 3.8) is 0 Å². The number of piperidine rings is 1. The van der Waals surface area contributed by atoms with E-state index in [1.165, 1.54) is 0 Å². The zero-order chi connectivity index (χ0) is 16.9. The molecule has 1 aromatic heterocycles. The van der Waals surface area contributed by atoms with Crippen molar-refractivity contribution in [2.24, 2.45) is 5.92 Å². The quantitative estimate of drug-likeness (QED) is 0.867. The van der Waals surface area contributed by atoms with Gasteiger partial charge in [0.2, 0.25) is 11.7 Å². The lowest BCUT2D eigenvalue weighted by molar-refractivity contribution is 0.0910. The van der Waals surface area contributed by atoms with Gasteiger partial charge >= 0.3 is 0 Å². The van der Waals surface area contributed by atoms with Crippen LogP contribution in [0.15, 0.2) is 28.8 Å². The number of aryl methyl sites for hydroxylation is 1. The van der Waals surface area contributed by atoms with Gasteiger partial charge in [-0.3, -0.25) is 4.79 Å². The van der Waals surface area contributed by atoms with Gasteiger partial charge in [0.05, 0.1) is 5.56 Å². The minimum atomic E-state index is -0.129. The summed E-state index contributed by atoms with van der Waals surface area (Å²) in [7, 11) is 0. The molecular formula is C17H22N4O3. The lowest BCUT2D eigenvalue weighted by Crippen LogP contribution is -2.50. The highest BCUT2D eigenvalue weighted by Crippen LogP contribution is 2.20. The number of carbonyl (C=O) groups is 1. The Hall–Kier alpha value is -2.41. The molecule has 0 aliphatic carbocycles. The minimum Gasteiger partial charge on any atom is -0.485 e. The van der Waals surface area contributed by atoms with E-state index in [-0.39, 0.29) is 18.6 Å². The van der Waals surface area contributed by atoms with E-state index in [1.807, 2.05) is 12.1 Å². The third-order valence-corrected chi connectivity index (χ3v) is 4.20. The molecule has 1 amide bonds. The van der Waals surface area contributed by atoms with Crippen molar-refractivity contribution in [1.29, 1.82) is 0 Å². The Morgan fingerprint density at radius 3 is 3.04 bits per heavy atom. The molecule has 2 unspecified atom stereocenters. The first-order valence-corrected chi connectivity index (χ1v) is 8.16. The van der Waals surface area contributed by atoms with Crippen LogP contribution in [-0.4, -0.2) is 35.2 Å². The van der Waals surface area contributed by atoms with E-state index in [9.17, 15) is 4.79 Å². The maximum Gasteiger partial charge on any atom is 0.255 e. The second kappa shape index (κ2) is 7.44. The van der Waals surface area contributed by atoms with Gasteiger partial charge in [-0.1, -0.05) is 24.2 Å². The van der Waals surface area contributed by atoms with Gasteiger partial charge in [-0.05, 0) is 31.0 Å². The van der Waals surface area contributed by atoms with Crippen molar-refractivity contribution in [3.8, 4) is 5.75 Å².